The molecule has 0 atom stereocenters. The highest BCUT2D eigenvalue weighted by Crippen LogP contribution is 2.21. The van der Waals surface area contributed by atoms with Crippen LogP contribution in [-0.2, 0) is 17.8 Å². The van der Waals surface area contributed by atoms with E-state index in [1.165, 1.54) is 6.08 Å². The van der Waals surface area contributed by atoms with Gasteiger partial charge in [-0.05, 0) is 18.2 Å². The number of H-pyrrole nitrogens is 1. The normalized spacial score (nSPS) is 13.4. The third-order valence-corrected chi connectivity index (χ3v) is 3.55. The first-order chi connectivity index (χ1) is 10.7. The number of hydrogen-bond donors (Lipinski definition) is 2. The zero-order valence-corrected chi connectivity index (χ0v) is 11.9. The van der Waals surface area contributed by atoms with Crippen LogP contribution in [0, 0.1) is 0 Å². The number of hydrogen-bond acceptors (Lipinski definition) is 4. The van der Waals surface area contributed by atoms with Crippen LogP contribution in [-0.4, -0.2) is 38.7 Å². The van der Waals surface area contributed by atoms with Gasteiger partial charge in [0.1, 0.15) is 5.69 Å². The number of nitrogens with one attached hydrogen (secondary N) is 2. The minimum absolute atomic E-state index is 0.145. The van der Waals surface area contributed by atoms with Crippen LogP contribution < -0.4 is 5.32 Å². The molecule has 7 heteroatoms. The first-order valence-electron chi connectivity index (χ1n) is 6.89. The summed E-state index contributed by atoms with van der Waals surface area (Å²) in [5, 5.41) is 13.3. The van der Waals surface area contributed by atoms with Gasteiger partial charge < -0.3 is 10.2 Å². The zero-order valence-electron chi connectivity index (χ0n) is 11.9. The van der Waals surface area contributed by atoms with Gasteiger partial charge >= 0.3 is 0 Å². The van der Waals surface area contributed by atoms with Crippen LogP contribution in [0.3, 0.4) is 0 Å². The van der Waals surface area contributed by atoms with E-state index in [-0.39, 0.29) is 11.8 Å². The molecule has 7 nitrogen and oxygen atoms in total. The molecule has 22 heavy (non-hydrogen) atoms. The molecule has 0 unspecified atom stereocenters. The van der Waals surface area contributed by atoms with Gasteiger partial charge in [0, 0.05) is 13.0 Å². The van der Waals surface area contributed by atoms with E-state index in [0.29, 0.717) is 30.8 Å². The topological polar surface area (TPSA) is 91.0 Å². The molecule has 2 heterocycles. The molecule has 0 spiro atoms. The number of rotatable bonds is 3. The average Bonchev–Trinajstić information content (AvgIpc) is 3.02. The lowest BCUT2D eigenvalue weighted by Crippen LogP contribution is -2.36. The summed E-state index contributed by atoms with van der Waals surface area (Å²) >= 11 is 0. The third kappa shape index (κ3) is 2.60. The molecule has 1 aliphatic rings. The molecule has 0 bridgehead atoms. The van der Waals surface area contributed by atoms with Gasteiger partial charge in [0.25, 0.3) is 5.91 Å². The van der Waals surface area contributed by atoms with Crippen molar-refractivity contribution in [2.24, 2.45) is 0 Å². The van der Waals surface area contributed by atoms with E-state index in [4.69, 9.17) is 0 Å². The second-order valence-electron chi connectivity index (χ2n) is 4.93. The Morgan fingerprint density at radius 3 is 2.86 bits per heavy atom. The van der Waals surface area contributed by atoms with E-state index in [0.717, 1.165) is 11.4 Å². The van der Waals surface area contributed by atoms with E-state index in [2.05, 4.69) is 27.3 Å². The number of aromatic nitrogens is 3. The lowest BCUT2D eigenvalue weighted by molar-refractivity contribution is -0.111. The third-order valence-electron chi connectivity index (χ3n) is 3.55. The maximum Gasteiger partial charge on any atom is 0.256 e. The molecular formula is C15H15N5O2. The van der Waals surface area contributed by atoms with Crippen molar-refractivity contribution in [1.82, 2.24) is 20.3 Å². The first-order valence-corrected chi connectivity index (χ1v) is 6.89. The van der Waals surface area contributed by atoms with Crippen LogP contribution in [0.5, 0.6) is 0 Å². The number of fused-ring (bicyclic) bond motifs is 1. The van der Waals surface area contributed by atoms with Crippen molar-refractivity contribution < 1.29 is 9.59 Å². The molecule has 0 saturated heterocycles. The summed E-state index contributed by atoms with van der Waals surface area (Å²) in [7, 11) is 0. The number of benzene rings is 1. The van der Waals surface area contributed by atoms with Gasteiger partial charge in [-0.2, -0.15) is 15.4 Å². The van der Waals surface area contributed by atoms with E-state index >= 15 is 0 Å². The molecule has 2 amide bonds. The fraction of sp³-hybridized carbons (Fsp3) is 0.200. The van der Waals surface area contributed by atoms with Crippen molar-refractivity contribution in [3.63, 3.8) is 0 Å². The number of nitrogens with zero attached hydrogens (tertiary/aromatic N) is 3. The summed E-state index contributed by atoms with van der Waals surface area (Å²) in [5.74, 6) is -0.494. The highest BCUT2D eigenvalue weighted by molar-refractivity contribution is 6.06. The van der Waals surface area contributed by atoms with Crippen LogP contribution in [0.4, 0.5) is 5.69 Å². The van der Waals surface area contributed by atoms with Crippen LogP contribution in [0.25, 0.3) is 0 Å². The second-order valence-corrected chi connectivity index (χ2v) is 4.93. The largest absolute Gasteiger partial charge is 0.332 e. The predicted molar refractivity (Wildman–Crippen MR) is 80.1 cm³/mol. The number of carbonyl (C=O) groups is 2. The van der Waals surface area contributed by atoms with Crippen molar-refractivity contribution in [1.29, 1.82) is 0 Å². The summed E-state index contributed by atoms with van der Waals surface area (Å²) in [5.41, 5.74) is 2.61. The molecule has 1 aromatic heterocycles. The van der Waals surface area contributed by atoms with Crippen LogP contribution >= 0.6 is 0 Å². The average molecular weight is 297 g/mol. The van der Waals surface area contributed by atoms with E-state index in [1.54, 1.807) is 29.2 Å². The Morgan fingerprint density at radius 1 is 1.27 bits per heavy atom. The smallest absolute Gasteiger partial charge is 0.256 e. The van der Waals surface area contributed by atoms with Gasteiger partial charge in [-0.25, -0.2) is 0 Å². The summed E-state index contributed by atoms with van der Waals surface area (Å²) in [6, 6.07) is 6.92. The van der Waals surface area contributed by atoms with Crippen LogP contribution in [0.1, 0.15) is 21.7 Å². The van der Waals surface area contributed by atoms with Crippen molar-refractivity contribution >= 4 is 17.5 Å². The quantitative estimate of drug-likeness (QED) is 0.831. The van der Waals surface area contributed by atoms with Crippen molar-refractivity contribution in [2.45, 2.75) is 13.0 Å². The number of aromatic amines is 1. The van der Waals surface area contributed by atoms with E-state index in [9.17, 15) is 9.59 Å². The van der Waals surface area contributed by atoms with Crippen molar-refractivity contribution in [2.75, 3.05) is 11.9 Å². The molecule has 2 N–H and O–H groups in total. The summed E-state index contributed by atoms with van der Waals surface area (Å²) in [4.78, 5) is 25.9. The minimum atomic E-state index is -0.349. The summed E-state index contributed by atoms with van der Waals surface area (Å²) in [6.07, 6.45) is 1.84. The maximum absolute atomic E-state index is 12.7. The van der Waals surface area contributed by atoms with Crippen molar-refractivity contribution in [3.8, 4) is 0 Å². The summed E-state index contributed by atoms with van der Waals surface area (Å²) < 4.78 is 0. The van der Waals surface area contributed by atoms with E-state index in [1.807, 2.05) is 0 Å². The minimum Gasteiger partial charge on any atom is -0.332 e. The van der Waals surface area contributed by atoms with Gasteiger partial charge in [-0.15, -0.1) is 0 Å². The molecule has 3 rings (SSSR count). The highest BCUT2D eigenvalue weighted by atomic mass is 16.2. The second kappa shape index (κ2) is 5.80. The standard InChI is InChI=1S/C15H15N5O2/c1-2-14(21)16-11-6-4-3-5-10(11)15(22)20-8-7-12-13(9-20)18-19-17-12/h2-6H,1,7-9H2,(H,16,21)(H,17,18,19). The SMILES string of the molecule is C=CC(=O)Nc1ccccc1C(=O)N1CCc2n[nH]nc2C1. The molecular weight excluding hydrogens is 282 g/mol. The molecule has 0 aliphatic carbocycles. The first kappa shape index (κ1) is 14.0. The number of para-hydroxylation sites is 1. The molecule has 0 radical (unpaired) electrons. The maximum atomic E-state index is 12.7. The molecule has 1 aromatic carbocycles. The number of amides is 2. The van der Waals surface area contributed by atoms with Crippen LogP contribution in [0.2, 0.25) is 0 Å². The fourth-order valence-corrected chi connectivity index (χ4v) is 2.41. The van der Waals surface area contributed by atoms with Crippen molar-refractivity contribution in [3.05, 3.63) is 53.9 Å². The molecule has 2 aromatic rings. The Labute approximate surface area is 127 Å². The number of carbonyl (C=O) groups excluding carboxylic acids is 2. The monoisotopic (exact) mass is 297 g/mol. The number of anilines is 1. The van der Waals surface area contributed by atoms with Gasteiger partial charge in [0.2, 0.25) is 5.91 Å². The van der Waals surface area contributed by atoms with Gasteiger partial charge in [0.15, 0.2) is 0 Å². The van der Waals surface area contributed by atoms with Gasteiger partial charge in [-0.1, -0.05) is 18.7 Å². The van der Waals surface area contributed by atoms with Gasteiger partial charge in [-0.3, -0.25) is 9.59 Å². The Bertz CT molecular complexity index is 737. The Hall–Kier alpha value is -2.96. The highest BCUT2D eigenvalue weighted by Gasteiger charge is 2.25. The molecule has 1 aliphatic heterocycles. The Balaban J connectivity index is 1.84. The fourth-order valence-electron chi connectivity index (χ4n) is 2.41. The lowest BCUT2D eigenvalue weighted by atomic mass is 10.1. The predicted octanol–water partition coefficient (Wildman–Crippen LogP) is 1.13. The molecule has 0 fully saturated rings. The zero-order chi connectivity index (χ0) is 15.5. The Morgan fingerprint density at radius 2 is 2.05 bits per heavy atom. The lowest BCUT2D eigenvalue weighted by Gasteiger charge is -2.26. The summed E-state index contributed by atoms with van der Waals surface area (Å²) in [6.45, 7) is 4.40. The van der Waals surface area contributed by atoms with Gasteiger partial charge in [0.05, 0.1) is 23.5 Å². The Kier molecular flexibility index (Phi) is 3.69. The molecule has 0 saturated carbocycles. The van der Waals surface area contributed by atoms with E-state index < -0.39 is 0 Å². The molecule has 112 valence electrons. The van der Waals surface area contributed by atoms with Crippen LogP contribution in [0.15, 0.2) is 36.9 Å².